The summed E-state index contributed by atoms with van der Waals surface area (Å²) >= 11 is 0. The zero-order valence-corrected chi connectivity index (χ0v) is 19.1. The predicted molar refractivity (Wildman–Crippen MR) is 125 cm³/mol. The minimum absolute atomic E-state index is 0.192. The van der Waals surface area contributed by atoms with Gasteiger partial charge in [0.1, 0.15) is 23.1 Å². The maximum Gasteiger partial charge on any atom is 0.244 e. The van der Waals surface area contributed by atoms with Gasteiger partial charge < -0.3 is 9.88 Å². The van der Waals surface area contributed by atoms with Crippen LogP contribution in [-0.2, 0) is 21.2 Å². The van der Waals surface area contributed by atoms with Crippen molar-refractivity contribution in [3.63, 3.8) is 0 Å². The molecular formula is C25H20F2N2O4S. The second-order valence-corrected chi connectivity index (χ2v) is 9.85. The molecule has 0 atom stereocenters. The summed E-state index contributed by atoms with van der Waals surface area (Å²) in [5.41, 5.74) is 1.66. The van der Waals surface area contributed by atoms with Gasteiger partial charge in [-0.05, 0) is 73.5 Å². The van der Waals surface area contributed by atoms with Gasteiger partial charge in [0.2, 0.25) is 21.2 Å². The smallest absolute Gasteiger partial charge is 0.244 e. The fourth-order valence-corrected chi connectivity index (χ4v) is 4.99. The van der Waals surface area contributed by atoms with Crippen molar-refractivity contribution in [1.29, 1.82) is 0 Å². The number of fused-ring (bicyclic) bond motifs is 1. The van der Waals surface area contributed by atoms with Crippen molar-refractivity contribution in [2.24, 2.45) is 0 Å². The Morgan fingerprint density at radius 1 is 0.941 bits per heavy atom. The Kier molecular flexibility index (Phi) is 6.05. The van der Waals surface area contributed by atoms with E-state index in [0.717, 1.165) is 53.7 Å². The van der Waals surface area contributed by atoms with Crippen LogP contribution in [-0.4, -0.2) is 18.9 Å². The molecule has 0 saturated carbocycles. The number of sulfone groups is 1. The maximum atomic E-state index is 14.0. The number of halogens is 2. The first kappa shape index (κ1) is 23.3. The summed E-state index contributed by atoms with van der Waals surface area (Å²) in [6.07, 6.45) is 1.06. The van der Waals surface area contributed by atoms with Gasteiger partial charge in [-0.2, -0.15) is 0 Å². The van der Waals surface area contributed by atoms with Crippen molar-refractivity contribution in [3.05, 3.63) is 99.8 Å². The second-order valence-electron chi connectivity index (χ2n) is 7.94. The normalized spacial score (nSPS) is 11.5. The van der Waals surface area contributed by atoms with Crippen LogP contribution < -0.4 is 10.7 Å². The Morgan fingerprint density at radius 2 is 1.62 bits per heavy atom. The van der Waals surface area contributed by atoms with Crippen molar-refractivity contribution in [3.8, 4) is 0 Å². The van der Waals surface area contributed by atoms with Gasteiger partial charge in [0.15, 0.2) is 0 Å². The SMILES string of the molecule is Cc1ccc(C)c(NC(=O)Cn2cc(S(=O)(=O)c3ccc(F)cc3)c(=O)c3cc(F)ccc32)c1. The summed E-state index contributed by atoms with van der Waals surface area (Å²) in [7, 11) is -4.37. The number of carbonyl (C=O) groups excluding carboxylic acids is 1. The third-order valence-corrected chi connectivity index (χ3v) is 7.17. The number of anilines is 1. The van der Waals surface area contributed by atoms with Crippen molar-refractivity contribution in [1.82, 2.24) is 4.57 Å². The van der Waals surface area contributed by atoms with Crippen molar-refractivity contribution in [2.75, 3.05) is 5.32 Å². The number of hydrogen-bond acceptors (Lipinski definition) is 4. The van der Waals surface area contributed by atoms with Gasteiger partial charge in [0, 0.05) is 17.3 Å². The van der Waals surface area contributed by atoms with Crippen LogP contribution in [0.4, 0.5) is 14.5 Å². The fourth-order valence-electron chi connectivity index (χ4n) is 3.62. The van der Waals surface area contributed by atoms with E-state index < -0.39 is 37.7 Å². The van der Waals surface area contributed by atoms with E-state index in [9.17, 15) is 26.8 Å². The maximum absolute atomic E-state index is 14.0. The molecule has 1 aromatic heterocycles. The van der Waals surface area contributed by atoms with E-state index in [0.29, 0.717) is 5.69 Å². The predicted octanol–water partition coefficient (Wildman–Crippen LogP) is 4.37. The van der Waals surface area contributed by atoms with E-state index >= 15 is 0 Å². The van der Waals surface area contributed by atoms with E-state index in [1.165, 1.54) is 10.6 Å². The highest BCUT2D eigenvalue weighted by Crippen LogP contribution is 2.23. The molecule has 1 N–H and O–H groups in total. The van der Waals surface area contributed by atoms with Crippen molar-refractivity contribution in [2.45, 2.75) is 30.2 Å². The summed E-state index contributed by atoms with van der Waals surface area (Å²) in [5, 5.41) is 2.59. The lowest BCUT2D eigenvalue weighted by molar-refractivity contribution is -0.116. The van der Waals surface area contributed by atoms with Crippen LogP contribution >= 0.6 is 0 Å². The summed E-state index contributed by atoms with van der Waals surface area (Å²) in [4.78, 5) is 24.9. The highest BCUT2D eigenvalue weighted by Gasteiger charge is 2.24. The molecule has 0 radical (unpaired) electrons. The molecule has 0 spiro atoms. The quantitative estimate of drug-likeness (QED) is 0.428. The van der Waals surface area contributed by atoms with Crippen LogP contribution in [0.2, 0.25) is 0 Å². The molecule has 0 saturated heterocycles. The lowest BCUT2D eigenvalue weighted by Gasteiger charge is -2.15. The topological polar surface area (TPSA) is 85.2 Å². The Hall–Kier alpha value is -3.85. The number of benzene rings is 3. The first-order valence-electron chi connectivity index (χ1n) is 10.3. The first-order chi connectivity index (χ1) is 16.1. The molecule has 0 bridgehead atoms. The number of carbonyl (C=O) groups is 1. The molecule has 0 aliphatic heterocycles. The molecule has 0 fully saturated rings. The number of aromatic nitrogens is 1. The molecule has 4 rings (SSSR count). The van der Waals surface area contributed by atoms with Crippen LogP contribution in [0.25, 0.3) is 10.9 Å². The van der Waals surface area contributed by atoms with E-state index in [2.05, 4.69) is 5.32 Å². The third kappa shape index (κ3) is 4.47. The third-order valence-electron chi connectivity index (χ3n) is 5.40. The summed E-state index contributed by atoms with van der Waals surface area (Å²) in [5.74, 6) is -1.83. The number of amides is 1. The van der Waals surface area contributed by atoms with E-state index in [4.69, 9.17) is 0 Å². The van der Waals surface area contributed by atoms with E-state index in [1.807, 2.05) is 26.0 Å². The number of nitrogens with zero attached hydrogens (tertiary/aromatic N) is 1. The number of rotatable bonds is 5. The van der Waals surface area contributed by atoms with Gasteiger partial charge in [-0.1, -0.05) is 12.1 Å². The molecule has 34 heavy (non-hydrogen) atoms. The Morgan fingerprint density at radius 3 is 2.32 bits per heavy atom. The summed E-state index contributed by atoms with van der Waals surface area (Å²) < 4.78 is 54.9. The molecule has 9 heteroatoms. The monoisotopic (exact) mass is 482 g/mol. The van der Waals surface area contributed by atoms with Crippen LogP contribution in [0.1, 0.15) is 11.1 Å². The molecule has 3 aromatic carbocycles. The van der Waals surface area contributed by atoms with Gasteiger partial charge in [0.25, 0.3) is 0 Å². The van der Waals surface area contributed by atoms with Crippen molar-refractivity contribution >= 4 is 32.3 Å². The van der Waals surface area contributed by atoms with Gasteiger partial charge in [0.05, 0.1) is 10.4 Å². The van der Waals surface area contributed by atoms with Gasteiger partial charge >= 0.3 is 0 Å². The molecule has 0 aliphatic rings. The molecule has 6 nitrogen and oxygen atoms in total. The average Bonchev–Trinajstić information content (AvgIpc) is 2.78. The highest BCUT2D eigenvalue weighted by molar-refractivity contribution is 7.91. The van der Waals surface area contributed by atoms with Crippen LogP contribution in [0.15, 0.2) is 81.4 Å². The molecule has 0 aliphatic carbocycles. The Labute approximate surface area is 194 Å². The fraction of sp³-hybridized carbons (Fsp3) is 0.120. The van der Waals surface area contributed by atoms with Gasteiger partial charge in [-0.25, -0.2) is 17.2 Å². The number of pyridine rings is 1. The number of aryl methyl sites for hydroxylation is 2. The molecule has 1 amide bonds. The molecule has 4 aromatic rings. The lowest BCUT2D eigenvalue weighted by atomic mass is 10.1. The highest BCUT2D eigenvalue weighted by atomic mass is 32.2. The van der Waals surface area contributed by atoms with E-state index in [1.54, 1.807) is 6.07 Å². The van der Waals surface area contributed by atoms with Crippen LogP contribution in [0.3, 0.4) is 0 Å². The standard InChI is InChI=1S/C25H20F2N2O4S/c1-15-3-4-16(2)21(11-15)28-24(30)14-29-13-23(25(31)20-12-18(27)7-10-22(20)29)34(32,33)19-8-5-17(26)6-9-19/h3-13H,14H2,1-2H3,(H,28,30). The Balaban J connectivity index is 1.83. The molecule has 174 valence electrons. The second kappa shape index (κ2) is 8.83. The van der Waals surface area contributed by atoms with Crippen LogP contribution in [0.5, 0.6) is 0 Å². The minimum Gasteiger partial charge on any atom is -0.336 e. The zero-order chi connectivity index (χ0) is 24.6. The summed E-state index contributed by atoms with van der Waals surface area (Å²) in [6, 6.07) is 12.9. The minimum atomic E-state index is -4.37. The van der Waals surface area contributed by atoms with Gasteiger partial charge in [-0.3, -0.25) is 9.59 Å². The first-order valence-corrected chi connectivity index (χ1v) is 11.7. The van der Waals surface area contributed by atoms with Crippen LogP contribution in [0, 0.1) is 25.5 Å². The summed E-state index contributed by atoms with van der Waals surface area (Å²) in [6.45, 7) is 3.38. The van der Waals surface area contributed by atoms with Crippen molar-refractivity contribution < 1.29 is 22.0 Å². The van der Waals surface area contributed by atoms with E-state index in [-0.39, 0.29) is 22.3 Å². The number of nitrogens with one attached hydrogen (secondary N) is 1. The lowest BCUT2D eigenvalue weighted by Crippen LogP contribution is -2.24. The van der Waals surface area contributed by atoms with Gasteiger partial charge in [-0.15, -0.1) is 0 Å². The molecule has 1 heterocycles. The molecular weight excluding hydrogens is 462 g/mol. The molecule has 0 unspecified atom stereocenters. The largest absolute Gasteiger partial charge is 0.336 e. The Bertz CT molecular complexity index is 1590. The zero-order valence-electron chi connectivity index (χ0n) is 18.3. The number of hydrogen-bond donors (Lipinski definition) is 1. The average molecular weight is 483 g/mol.